The van der Waals surface area contributed by atoms with Gasteiger partial charge in [0, 0.05) is 26.8 Å². The molecule has 0 saturated heterocycles. The molecule has 0 unspecified atom stereocenters. The number of hydrogen-bond donors (Lipinski definition) is 1. The van der Waals surface area contributed by atoms with E-state index in [2.05, 4.69) is 0 Å². The van der Waals surface area contributed by atoms with Crippen LogP contribution >= 0.6 is 11.3 Å². The zero-order valence-electron chi connectivity index (χ0n) is 12.0. The number of rotatable bonds is 5. The van der Waals surface area contributed by atoms with Crippen molar-refractivity contribution in [1.29, 1.82) is 0 Å². The van der Waals surface area contributed by atoms with Crippen molar-refractivity contribution in [1.82, 2.24) is 0 Å². The van der Waals surface area contributed by atoms with Crippen LogP contribution in [0.4, 0.5) is 10.7 Å². The zero-order chi connectivity index (χ0) is 15.1. The molecule has 1 heterocycles. The quantitative estimate of drug-likeness (QED) is 0.842. The molecule has 0 aliphatic heterocycles. The number of carbonyl (C=O) groups excluding carboxylic acids is 1. The molecule has 1 saturated carbocycles. The number of nitrogens with zero attached hydrogens (tertiary/aromatic N) is 1. The van der Waals surface area contributed by atoms with Gasteiger partial charge >= 0.3 is 0 Å². The Bertz CT molecular complexity index is 630. The molecular formula is C13H20N2O3S2. The maximum absolute atomic E-state index is 12.0. The number of ketones is 1. The van der Waals surface area contributed by atoms with Crippen LogP contribution in [-0.2, 0) is 9.84 Å². The zero-order valence-corrected chi connectivity index (χ0v) is 13.6. The van der Waals surface area contributed by atoms with Crippen molar-refractivity contribution in [2.75, 3.05) is 30.5 Å². The molecule has 112 valence electrons. The summed E-state index contributed by atoms with van der Waals surface area (Å²) in [7, 11) is -1.59. The predicted octanol–water partition coefficient (Wildman–Crippen LogP) is 2.17. The Balaban J connectivity index is 2.44. The van der Waals surface area contributed by atoms with Gasteiger partial charge in [-0.25, -0.2) is 8.42 Å². The summed E-state index contributed by atoms with van der Waals surface area (Å²) in [6.07, 6.45) is 4.73. The van der Waals surface area contributed by atoms with Crippen LogP contribution in [0.15, 0.2) is 4.90 Å². The van der Waals surface area contributed by atoms with Crippen LogP contribution < -0.4 is 10.6 Å². The van der Waals surface area contributed by atoms with Crippen LogP contribution in [0.1, 0.15) is 35.9 Å². The Kier molecular flexibility index (Phi) is 4.11. The van der Waals surface area contributed by atoms with E-state index in [9.17, 15) is 13.2 Å². The van der Waals surface area contributed by atoms with Gasteiger partial charge in [0.25, 0.3) is 0 Å². The third-order valence-corrected chi connectivity index (χ3v) is 6.38. The van der Waals surface area contributed by atoms with E-state index >= 15 is 0 Å². The van der Waals surface area contributed by atoms with Crippen molar-refractivity contribution in [2.45, 2.75) is 31.1 Å². The average Bonchev–Trinajstić information content (AvgIpc) is 2.60. The summed E-state index contributed by atoms with van der Waals surface area (Å²) >= 11 is 1.18. The first-order valence-electron chi connectivity index (χ1n) is 6.56. The molecule has 1 aromatic rings. The number of Topliss-reactive ketones (excluding diaryl/α,β-unsaturated/α-hetero) is 1. The van der Waals surface area contributed by atoms with Gasteiger partial charge in [0.15, 0.2) is 15.6 Å². The van der Waals surface area contributed by atoms with Gasteiger partial charge in [-0.05, 0) is 18.8 Å². The van der Waals surface area contributed by atoms with Crippen LogP contribution in [0, 0.1) is 5.92 Å². The number of nitrogen functional groups attached to an aromatic ring is 1. The SMILES string of the molecule is CC(=O)c1sc(N(C)CC2CCC2)c(S(C)(=O)=O)c1N. The Morgan fingerprint density at radius 2 is 2.05 bits per heavy atom. The molecule has 0 bridgehead atoms. The summed E-state index contributed by atoms with van der Waals surface area (Å²) in [5, 5.41) is 0.585. The van der Waals surface area contributed by atoms with Crippen LogP contribution in [0.25, 0.3) is 0 Å². The average molecular weight is 316 g/mol. The summed E-state index contributed by atoms with van der Waals surface area (Å²) in [5.74, 6) is 0.414. The molecule has 1 aromatic heterocycles. The van der Waals surface area contributed by atoms with Gasteiger partial charge in [-0.2, -0.15) is 0 Å². The van der Waals surface area contributed by atoms with E-state index in [1.54, 1.807) is 0 Å². The summed E-state index contributed by atoms with van der Waals surface area (Å²) in [5.41, 5.74) is 5.99. The van der Waals surface area contributed by atoms with Crippen molar-refractivity contribution in [3.05, 3.63) is 4.88 Å². The van der Waals surface area contributed by atoms with Crippen molar-refractivity contribution >= 4 is 37.6 Å². The largest absolute Gasteiger partial charge is 0.396 e. The maximum atomic E-state index is 12.0. The summed E-state index contributed by atoms with van der Waals surface area (Å²) in [4.78, 5) is 14.0. The van der Waals surface area contributed by atoms with Gasteiger partial charge in [0.1, 0.15) is 9.90 Å². The molecule has 20 heavy (non-hydrogen) atoms. The Morgan fingerprint density at radius 3 is 2.45 bits per heavy atom. The first-order valence-corrected chi connectivity index (χ1v) is 9.27. The van der Waals surface area contributed by atoms with Gasteiger partial charge in [-0.15, -0.1) is 11.3 Å². The molecular weight excluding hydrogens is 296 g/mol. The molecule has 1 aliphatic carbocycles. The van der Waals surface area contributed by atoms with Crippen molar-refractivity contribution in [2.24, 2.45) is 5.92 Å². The Hall–Kier alpha value is -1.08. The highest BCUT2D eigenvalue weighted by atomic mass is 32.2. The molecule has 0 spiro atoms. The number of sulfone groups is 1. The minimum Gasteiger partial charge on any atom is -0.396 e. The van der Waals surface area contributed by atoms with Gasteiger partial charge < -0.3 is 10.6 Å². The van der Waals surface area contributed by atoms with E-state index in [0.29, 0.717) is 15.8 Å². The fourth-order valence-electron chi connectivity index (χ4n) is 2.43. The molecule has 5 nitrogen and oxygen atoms in total. The van der Waals surface area contributed by atoms with Gasteiger partial charge in [0.2, 0.25) is 0 Å². The lowest BCUT2D eigenvalue weighted by Crippen LogP contribution is -2.29. The Morgan fingerprint density at radius 1 is 1.45 bits per heavy atom. The second kappa shape index (κ2) is 5.37. The topological polar surface area (TPSA) is 80.5 Å². The number of nitrogens with two attached hydrogens (primary N) is 1. The van der Waals surface area contributed by atoms with Crippen LogP contribution in [0.5, 0.6) is 0 Å². The smallest absolute Gasteiger partial charge is 0.180 e. The Labute approximate surface area is 123 Å². The predicted molar refractivity (Wildman–Crippen MR) is 82.5 cm³/mol. The third kappa shape index (κ3) is 2.83. The van der Waals surface area contributed by atoms with Crippen molar-refractivity contribution < 1.29 is 13.2 Å². The minimum absolute atomic E-state index is 0.0976. The maximum Gasteiger partial charge on any atom is 0.180 e. The van der Waals surface area contributed by atoms with Gasteiger partial charge in [0.05, 0.1) is 10.6 Å². The minimum atomic E-state index is -3.45. The molecule has 2 N–H and O–H groups in total. The molecule has 1 aliphatic rings. The monoisotopic (exact) mass is 316 g/mol. The second-order valence-corrected chi connectivity index (χ2v) is 8.44. The molecule has 2 rings (SSSR count). The van der Waals surface area contributed by atoms with Gasteiger partial charge in [-0.1, -0.05) is 6.42 Å². The molecule has 0 atom stereocenters. The van der Waals surface area contributed by atoms with E-state index < -0.39 is 9.84 Å². The number of anilines is 2. The molecule has 1 fully saturated rings. The highest BCUT2D eigenvalue weighted by Gasteiger charge is 2.29. The number of thiophene rings is 1. The van der Waals surface area contributed by atoms with Crippen molar-refractivity contribution in [3.63, 3.8) is 0 Å². The highest BCUT2D eigenvalue weighted by Crippen LogP contribution is 2.42. The first kappa shape index (κ1) is 15.3. The van der Waals surface area contributed by atoms with Crippen molar-refractivity contribution in [3.8, 4) is 0 Å². The number of hydrogen-bond acceptors (Lipinski definition) is 6. The van der Waals surface area contributed by atoms with E-state index in [0.717, 1.165) is 12.8 Å². The third-order valence-electron chi connectivity index (χ3n) is 3.68. The molecule has 7 heteroatoms. The summed E-state index contributed by atoms with van der Waals surface area (Å²) < 4.78 is 23.9. The molecule has 0 aromatic carbocycles. The lowest BCUT2D eigenvalue weighted by Gasteiger charge is -2.30. The van der Waals surface area contributed by atoms with Crippen LogP contribution in [0.2, 0.25) is 0 Å². The molecule has 0 amide bonds. The lowest BCUT2D eigenvalue weighted by molar-refractivity contribution is 0.102. The normalized spacial score (nSPS) is 15.9. The fraction of sp³-hybridized carbons (Fsp3) is 0.615. The first-order chi connectivity index (χ1) is 9.21. The number of carbonyl (C=O) groups is 1. The van der Waals surface area contributed by atoms with Crippen LogP contribution in [0.3, 0.4) is 0 Å². The lowest BCUT2D eigenvalue weighted by atomic mass is 9.85. The second-order valence-electron chi connectivity index (χ2n) is 5.48. The summed E-state index contributed by atoms with van der Waals surface area (Å²) in [6, 6.07) is 0. The fourth-order valence-corrected chi connectivity index (χ4v) is 5.03. The van der Waals surface area contributed by atoms with Crippen LogP contribution in [-0.4, -0.2) is 34.0 Å². The highest BCUT2D eigenvalue weighted by molar-refractivity contribution is 7.91. The standard InChI is InChI=1S/C13H20N2O3S2/c1-8(16)11-10(14)12(20(3,17)18)13(19-11)15(2)7-9-5-4-6-9/h9H,4-7,14H2,1-3H3. The van der Waals surface area contributed by atoms with E-state index in [1.807, 2.05) is 11.9 Å². The van der Waals surface area contributed by atoms with E-state index in [1.165, 1.54) is 37.5 Å². The molecule has 0 radical (unpaired) electrons. The van der Waals surface area contributed by atoms with Gasteiger partial charge in [-0.3, -0.25) is 4.79 Å². The summed E-state index contributed by atoms with van der Waals surface area (Å²) in [6.45, 7) is 2.21. The van der Waals surface area contributed by atoms with E-state index in [-0.39, 0.29) is 16.4 Å². The van der Waals surface area contributed by atoms with E-state index in [4.69, 9.17) is 5.73 Å².